The summed E-state index contributed by atoms with van der Waals surface area (Å²) in [7, 11) is 0. The number of benzene rings is 1. The van der Waals surface area contributed by atoms with E-state index in [4.69, 9.17) is 10.2 Å². The zero-order chi connectivity index (χ0) is 14.6. The molecule has 0 radical (unpaired) electrons. The molecule has 0 aromatic heterocycles. The summed E-state index contributed by atoms with van der Waals surface area (Å²) < 4.78 is 0. The fraction of sp³-hybridized carbons (Fsp3) is 0.154. The summed E-state index contributed by atoms with van der Waals surface area (Å²) in [6, 6.07) is 3.97. The molecule has 1 unspecified atom stereocenters. The molecular formula is C13H11BrO5. The third kappa shape index (κ3) is 4.03. The number of carboxylic acid groups (broad SMARTS) is 2. The van der Waals surface area contributed by atoms with E-state index in [1.54, 1.807) is 6.92 Å². The molecule has 0 fully saturated rings. The number of halogens is 1. The zero-order valence-corrected chi connectivity index (χ0v) is 11.5. The molecule has 19 heavy (non-hydrogen) atoms. The number of carbonyl (C=O) groups excluding carboxylic acids is 1. The summed E-state index contributed by atoms with van der Waals surface area (Å²) >= 11 is 3.11. The van der Waals surface area contributed by atoms with Crippen molar-refractivity contribution in [2.75, 3.05) is 0 Å². The average molecular weight is 327 g/mol. The minimum Gasteiger partial charge on any atom is -0.478 e. The number of Topliss-reactive ketones (excluding diaryl/α,β-unsaturated/α-hetero) is 1. The second-order valence-electron chi connectivity index (χ2n) is 3.76. The van der Waals surface area contributed by atoms with Crippen LogP contribution in [0.25, 0.3) is 6.08 Å². The highest BCUT2D eigenvalue weighted by atomic mass is 79.9. The van der Waals surface area contributed by atoms with Crippen molar-refractivity contribution in [3.05, 3.63) is 41.0 Å². The van der Waals surface area contributed by atoms with Crippen LogP contribution in [0.4, 0.5) is 0 Å². The van der Waals surface area contributed by atoms with E-state index in [0.29, 0.717) is 5.56 Å². The van der Waals surface area contributed by atoms with E-state index in [1.807, 2.05) is 0 Å². The van der Waals surface area contributed by atoms with Gasteiger partial charge >= 0.3 is 11.9 Å². The number of hydrogen-bond acceptors (Lipinski definition) is 3. The predicted molar refractivity (Wildman–Crippen MR) is 72.8 cm³/mol. The van der Waals surface area contributed by atoms with Crippen molar-refractivity contribution in [1.29, 1.82) is 0 Å². The number of carboxylic acids is 2. The molecule has 0 saturated carbocycles. The quantitative estimate of drug-likeness (QED) is 0.492. The lowest BCUT2D eigenvalue weighted by Gasteiger charge is -2.08. The van der Waals surface area contributed by atoms with Gasteiger partial charge in [0, 0.05) is 11.6 Å². The largest absolute Gasteiger partial charge is 0.478 e. The highest BCUT2D eigenvalue weighted by molar-refractivity contribution is 9.10. The topological polar surface area (TPSA) is 91.7 Å². The van der Waals surface area contributed by atoms with Crippen molar-refractivity contribution in [2.24, 2.45) is 0 Å². The Morgan fingerprint density at radius 3 is 2.37 bits per heavy atom. The smallest absolute Gasteiger partial charge is 0.335 e. The predicted octanol–water partition coefficient (Wildman–Crippen LogP) is 2.45. The molecule has 1 rings (SSSR count). The molecule has 0 heterocycles. The van der Waals surface area contributed by atoms with E-state index < -0.39 is 16.8 Å². The molecule has 0 aliphatic rings. The molecule has 100 valence electrons. The minimum absolute atomic E-state index is 0.0241. The van der Waals surface area contributed by atoms with Crippen LogP contribution in [0.2, 0.25) is 0 Å². The number of aliphatic carboxylic acids is 1. The van der Waals surface area contributed by atoms with Crippen LogP contribution in [0.15, 0.2) is 24.3 Å². The lowest BCUT2D eigenvalue weighted by Crippen LogP contribution is -2.13. The zero-order valence-electron chi connectivity index (χ0n) is 9.96. The number of hydrogen-bond donors (Lipinski definition) is 2. The summed E-state index contributed by atoms with van der Waals surface area (Å²) in [5.74, 6) is -2.61. The molecule has 5 nitrogen and oxygen atoms in total. The van der Waals surface area contributed by atoms with Gasteiger partial charge in [-0.1, -0.05) is 22.0 Å². The summed E-state index contributed by atoms with van der Waals surface area (Å²) in [6.07, 6.45) is 2.15. The van der Waals surface area contributed by atoms with Gasteiger partial charge in [-0.2, -0.15) is 0 Å². The van der Waals surface area contributed by atoms with E-state index in [0.717, 1.165) is 6.08 Å². The molecule has 0 saturated heterocycles. The van der Waals surface area contributed by atoms with Crippen LogP contribution >= 0.6 is 15.9 Å². The van der Waals surface area contributed by atoms with Crippen LogP contribution in [-0.2, 0) is 4.79 Å². The highest BCUT2D eigenvalue weighted by Gasteiger charge is 2.17. The van der Waals surface area contributed by atoms with Crippen molar-refractivity contribution in [1.82, 2.24) is 0 Å². The summed E-state index contributed by atoms with van der Waals surface area (Å²) in [5.41, 5.74) is 0.509. The molecule has 0 aliphatic heterocycles. The van der Waals surface area contributed by atoms with E-state index >= 15 is 0 Å². The monoisotopic (exact) mass is 326 g/mol. The number of rotatable bonds is 5. The van der Waals surface area contributed by atoms with Crippen LogP contribution in [0.1, 0.15) is 33.2 Å². The van der Waals surface area contributed by atoms with Gasteiger partial charge in [0.15, 0.2) is 5.78 Å². The first kappa shape index (κ1) is 15.1. The summed E-state index contributed by atoms with van der Waals surface area (Å²) in [4.78, 5) is 32.8. The van der Waals surface area contributed by atoms with Gasteiger partial charge in [0.1, 0.15) is 0 Å². The van der Waals surface area contributed by atoms with Crippen LogP contribution < -0.4 is 0 Å². The van der Waals surface area contributed by atoms with Gasteiger partial charge < -0.3 is 10.2 Å². The summed E-state index contributed by atoms with van der Waals surface area (Å²) in [6.45, 7) is 1.61. The van der Waals surface area contributed by atoms with Gasteiger partial charge in [-0.3, -0.25) is 4.79 Å². The van der Waals surface area contributed by atoms with E-state index in [9.17, 15) is 14.4 Å². The van der Waals surface area contributed by atoms with Crippen molar-refractivity contribution in [3.8, 4) is 0 Å². The van der Waals surface area contributed by atoms with Gasteiger partial charge in [-0.05, 0) is 30.7 Å². The maximum Gasteiger partial charge on any atom is 0.335 e. The Morgan fingerprint density at radius 2 is 1.89 bits per heavy atom. The van der Waals surface area contributed by atoms with Crippen molar-refractivity contribution < 1.29 is 24.6 Å². The Labute approximate surface area is 117 Å². The van der Waals surface area contributed by atoms with Crippen LogP contribution in [0, 0.1) is 0 Å². The average Bonchev–Trinajstić information content (AvgIpc) is 2.34. The lowest BCUT2D eigenvalue weighted by atomic mass is 9.98. The number of aromatic carboxylic acids is 1. The van der Waals surface area contributed by atoms with Gasteiger partial charge in [0.05, 0.1) is 10.4 Å². The van der Waals surface area contributed by atoms with E-state index in [-0.39, 0.29) is 16.9 Å². The van der Waals surface area contributed by atoms with Crippen LogP contribution in [-0.4, -0.2) is 32.8 Å². The second kappa shape index (κ2) is 6.29. The van der Waals surface area contributed by atoms with Crippen LogP contribution in [0.5, 0.6) is 0 Å². The van der Waals surface area contributed by atoms with E-state index in [1.165, 1.54) is 24.3 Å². The fourth-order valence-electron chi connectivity index (χ4n) is 1.42. The Morgan fingerprint density at radius 1 is 1.26 bits per heavy atom. The fourth-order valence-corrected chi connectivity index (χ4v) is 1.67. The SMILES string of the molecule is CC(Br)C(=O)c1cc(C(=O)O)ccc1C=CC(=O)O. The Kier molecular flexibility index (Phi) is 5.00. The molecule has 0 aliphatic carbocycles. The molecule has 1 atom stereocenters. The number of ketones is 1. The molecule has 0 bridgehead atoms. The number of carbonyl (C=O) groups is 3. The van der Waals surface area contributed by atoms with Crippen molar-refractivity contribution in [2.45, 2.75) is 11.8 Å². The molecule has 1 aromatic rings. The van der Waals surface area contributed by atoms with Gasteiger partial charge in [-0.25, -0.2) is 9.59 Å². The number of alkyl halides is 1. The van der Waals surface area contributed by atoms with Crippen molar-refractivity contribution >= 4 is 39.7 Å². The standard InChI is InChI=1S/C13H11BrO5/c1-7(14)12(17)10-6-9(13(18)19)3-2-8(10)4-5-11(15)16/h2-7H,1H3,(H,15,16)(H,18,19). The molecule has 1 aromatic carbocycles. The van der Waals surface area contributed by atoms with Gasteiger partial charge in [0.25, 0.3) is 0 Å². The molecule has 0 amide bonds. The second-order valence-corrected chi connectivity index (χ2v) is 5.13. The first-order valence-electron chi connectivity index (χ1n) is 5.29. The Bertz CT molecular complexity index is 560. The first-order valence-corrected chi connectivity index (χ1v) is 6.21. The van der Waals surface area contributed by atoms with Crippen LogP contribution in [0.3, 0.4) is 0 Å². The highest BCUT2D eigenvalue weighted by Crippen LogP contribution is 2.18. The molecule has 0 spiro atoms. The summed E-state index contributed by atoms with van der Waals surface area (Å²) in [5, 5.41) is 17.5. The van der Waals surface area contributed by atoms with Crippen molar-refractivity contribution in [3.63, 3.8) is 0 Å². The van der Waals surface area contributed by atoms with Gasteiger partial charge in [-0.15, -0.1) is 0 Å². The minimum atomic E-state index is -1.15. The third-order valence-corrected chi connectivity index (χ3v) is 2.75. The van der Waals surface area contributed by atoms with Gasteiger partial charge in [0.2, 0.25) is 0 Å². The molecular weight excluding hydrogens is 316 g/mol. The van der Waals surface area contributed by atoms with E-state index in [2.05, 4.69) is 15.9 Å². The molecule has 6 heteroatoms. The lowest BCUT2D eigenvalue weighted by molar-refractivity contribution is -0.131. The first-order chi connectivity index (χ1) is 8.82. The third-order valence-electron chi connectivity index (χ3n) is 2.33. The molecule has 2 N–H and O–H groups in total. The Balaban J connectivity index is 3.34. The Hall–Kier alpha value is -1.95. The maximum absolute atomic E-state index is 12.0. The maximum atomic E-state index is 12.0. The normalized spacial score (nSPS) is 12.3.